The fourth-order valence-electron chi connectivity index (χ4n) is 3.54. The van der Waals surface area contributed by atoms with E-state index in [0.717, 1.165) is 16.7 Å². The number of aryl methyl sites for hydroxylation is 1. The van der Waals surface area contributed by atoms with Crippen LogP contribution in [0.3, 0.4) is 0 Å². The van der Waals surface area contributed by atoms with Gasteiger partial charge in [-0.15, -0.1) is 11.3 Å². The van der Waals surface area contributed by atoms with Crippen molar-refractivity contribution in [2.24, 2.45) is 7.05 Å². The summed E-state index contributed by atoms with van der Waals surface area (Å²) >= 11 is 1.29. The lowest BCUT2D eigenvalue weighted by molar-refractivity contribution is 0.0696. The Hall–Kier alpha value is -3.82. The molecule has 8 nitrogen and oxygen atoms in total. The maximum atomic E-state index is 13.0. The van der Waals surface area contributed by atoms with Gasteiger partial charge in [-0.2, -0.15) is 0 Å². The number of carboxylic acids is 1. The van der Waals surface area contributed by atoms with Crippen molar-refractivity contribution < 1.29 is 19.4 Å². The Bertz CT molecular complexity index is 1420. The number of carbonyl (C=O) groups is 2. The number of aromatic nitrogens is 2. The van der Waals surface area contributed by atoms with Crippen molar-refractivity contribution in [2.75, 3.05) is 0 Å². The highest BCUT2D eigenvalue weighted by Gasteiger charge is 2.18. The minimum atomic E-state index is -0.983. The lowest BCUT2D eigenvalue weighted by Gasteiger charge is -2.10. The van der Waals surface area contributed by atoms with Crippen LogP contribution in [0, 0.1) is 6.92 Å². The molecule has 4 aromatic rings. The van der Waals surface area contributed by atoms with Crippen molar-refractivity contribution in [3.8, 4) is 0 Å². The van der Waals surface area contributed by atoms with Crippen LogP contribution in [0.4, 0.5) is 0 Å². The fourth-order valence-corrected chi connectivity index (χ4v) is 4.46. The first-order valence-electron chi connectivity index (χ1n) is 10.5. The zero-order valence-corrected chi connectivity index (χ0v) is 19.5. The number of rotatable bonds is 8. The van der Waals surface area contributed by atoms with E-state index < -0.39 is 11.9 Å². The van der Waals surface area contributed by atoms with Gasteiger partial charge in [0.05, 0.1) is 24.2 Å². The summed E-state index contributed by atoms with van der Waals surface area (Å²) in [5.74, 6) is -1.35. The van der Waals surface area contributed by atoms with E-state index in [0.29, 0.717) is 22.3 Å². The molecule has 0 aliphatic rings. The average molecular weight is 478 g/mol. The maximum Gasteiger partial charge on any atom is 0.335 e. The number of benzene rings is 2. The summed E-state index contributed by atoms with van der Waals surface area (Å²) < 4.78 is 7.01. The summed E-state index contributed by atoms with van der Waals surface area (Å²) in [6.45, 7) is 2.78. The van der Waals surface area contributed by atoms with Crippen molar-refractivity contribution in [3.63, 3.8) is 0 Å². The number of nitrogens with zero attached hydrogens (tertiary/aromatic N) is 2. The standard InChI is InChI=1S/C25H23N3O5S/c1-15-4-3-5-17(10-15)11-26-22(29)21-27-23-20(24(30)28(21)2)19(14-34-23)13-33-12-16-6-8-18(9-7-16)25(31)32/h3-10,14H,11-13H2,1-2H3,(H,26,29)(H,31,32). The highest BCUT2D eigenvalue weighted by molar-refractivity contribution is 7.16. The Morgan fingerprint density at radius 3 is 2.59 bits per heavy atom. The van der Waals surface area contributed by atoms with E-state index >= 15 is 0 Å². The summed E-state index contributed by atoms with van der Waals surface area (Å²) in [6.07, 6.45) is 0. The number of ether oxygens (including phenoxy) is 1. The quantitative estimate of drug-likeness (QED) is 0.401. The van der Waals surface area contributed by atoms with Crippen molar-refractivity contribution in [1.29, 1.82) is 0 Å². The van der Waals surface area contributed by atoms with Crippen LogP contribution in [0.15, 0.2) is 58.7 Å². The van der Waals surface area contributed by atoms with E-state index in [2.05, 4.69) is 10.3 Å². The van der Waals surface area contributed by atoms with Gasteiger partial charge in [0.2, 0.25) is 5.82 Å². The van der Waals surface area contributed by atoms with Crippen LogP contribution < -0.4 is 10.9 Å². The van der Waals surface area contributed by atoms with Gasteiger partial charge >= 0.3 is 5.97 Å². The van der Waals surface area contributed by atoms with Crippen LogP contribution in [0.25, 0.3) is 10.2 Å². The molecule has 0 radical (unpaired) electrons. The predicted molar refractivity (Wildman–Crippen MR) is 129 cm³/mol. The molecule has 0 bridgehead atoms. The molecule has 2 aromatic carbocycles. The third kappa shape index (κ3) is 5.05. The van der Waals surface area contributed by atoms with Crippen molar-refractivity contribution in [1.82, 2.24) is 14.9 Å². The lowest BCUT2D eigenvalue weighted by Crippen LogP contribution is -2.32. The highest BCUT2D eigenvalue weighted by atomic mass is 32.1. The number of carboxylic acid groups (broad SMARTS) is 1. The van der Waals surface area contributed by atoms with Crippen molar-refractivity contribution in [3.05, 3.63) is 97.9 Å². The number of aromatic carboxylic acids is 1. The molecule has 0 saturated heterocycles. The minimum absolute atomic E-state index is 0.0537. The van der Waals surface area contributed by atoms with Gasteiger partial charge in [-0.05, 0) is 35.6 Å². The summed E-state index contributed by atoms with van der Waals surface area (Å²) in [4.78, 5) is 41.6. The van der Waals surface area contributed by atoms with E-state index in [1.54, 1.807) is 17.5 Å². The van der Waals surface area contributed by atoms with Crippen LogP contribution in [0.1, 0.15) is 43.2 Å². The zero-order valence-electron chi connectivity index (χ0n) is 18.7. The SMILES string of the molecule is Cc1cccc(CNC(=O)c2nc3scc(COCc4ccc(C(=O)O)cc4)c3c(=O)n2C)c1. The van der Waals surface area contributed by atoms with E-state index in [4.69, 9.17) is 9.84 Å². The Kier molecular flexibility index (Phi) is 6.85. The van der Waals surface area contributed by atoms with Gasteiger partial charge < -0.3 is 15.2 Å². The third-order valence-electron chi connectivity index (χ3n) is 5.36. The molecule has 2 aromatic heterocycles. The number of fused-ring (bicyclic) bond motifs is 1. The number of nitrogens with one attached hydrogen (secondary N) is 1. The van der Waals surface area contributed by atoms with Crippen LogP contribution in [-0.2, 0) is 31.5 Å². The number of amides is 1. The highest BCUT2D eigenvalue weighted by Crippen LogP contribution is 2.23. The third-order valence-corrected chi connectivity index (χ3v) is 6.28. The van der Waals surface area contributed by atoms with Crippen LogP contribution in [0.2, 0.25) is 0 Å². The Labute approximate surface area is 199 Å². The summed E-state index contributed by atoms with van der Waals surface area (Å²) in [5, 5.41) is 14.0. The Balaban J connectivity index is 1.46. The second-order valence-electron chi connectivity index (χ2n) is 7.91. The predicted octanol–water partition coefficient (Wildman–Crippen LogP) is 3.65. The molecule has 0 saturated carbocycles. The monoisotopic (exact) mass is 477 g/mol. The summed E-state index contributed by atoms with van der Waals surface area (Å²) in [5.41, 5.74) is 3.49. The van der Waals surface area contributed by atoms with E-state index in [1.807, 2.05) is 31.2 Å². The Morgan fingerprint density at radius 1 is 1.12 bits per heavy atom. The van der Waals surface area contributed by atoms with E-state index in [-0.39, 0.29) is 30.2 Å². The van der Waals surface area contributed by atoms with Gasteiger partial charge in [-0.1, -0.05) is 42.0 Å². The second-order valence-corrected chi connectivity index (χ2v) is 8.77. The molecule has 0 aliphatic carbocycles. The fraction of sp³-hybridized carbons (Fsp3) is 0.200. The minimum Gasteiger partial charge on any atom is -0.478 e. The first-order valence-corrected chi connectivity index (χ1v) is 11.4. The van der Waals surface area contributed by atoms with Crippen molar-refractivity contribution in [2.45, 2.75) is 26.7 Å². The van der Waals surface area contributed by atoms with Crippen LogP contribution in [0.5, 0.6) is 0 Å². The first-order chi connectivity index (χ1) is 16.3. The lowest BCUT2D eigenvalue weighted by atomic mass is 10.1. The molecular weight excluding hydrogens is 454 g/mol. The molecule has 0 unspecified atom stereocenters. The van der Waals surface area contributed by atoms with Gasteiger partial charge in [-0.3, -0.25) is 14.2 Å². The van der Waals surface area contributed by atoms with Gasteiger partial charge in [0.25, 0.3) is 11.5 Å². The summed E-state index contributed by atoms with van der Waals surface area (Å²) in [6, 6.07) is 14.2. The van der Waals surface area contributed by atoms with Crippen LogP contribution in [-0.4, -0.2) is 26.5 Å². The molecule has 34 heavy (non-hydrogen) atoms. The second kappa shape index (κ2) is 9.98. The van der Waals surface area contributed by atoms with Gasteiger partial charge in [-0.25, -0.2) is 9.78 Å². The smallest absolute Gasteiger partial charge is 0.335 e. The topological polar surface area (TPSA) is 111 Å². The average Bonchev–Trinajstić information content (AvgIpc) is 3.23. The molecule has 0 spiro atoms. The van der Waals surface area contributed by atoms with Gasteiger partial charge in [0, 0.05) is 19.2 Å². The number of thiophene rings is 1. The molecule has 2 heterocycles. The molecule has 0 aliphatic heterocycles. The molecule has 2 N–H and O–H groups in total. The Morgan fingerprint density at radius 2 is 1.88 bits per heavy atom. The molecule has 174 valence electrons. The molecule has 0 atom stereocenters. The van der Waals surface area contributed by atoms with E-state index in [9.17, 15) is 14.4 Å². The molecule has 9 heteroatoms. The number of hydrogen-bond acceptors (Lipinski definition) is 6. The van der Waals surface area contributed by atoms with Gasteiger partial charge in [0.15, 0.2) is 0 Å². The normalized spacial score (nSPS) is 11.0. The van der Waals surface area contributed by atoms with Gasteiger partial charge in [0.1, 0.15) is 4.83 Å². The molecular formula is C25H23N3O5S. The molecule has 0 fully saturated rings. The van der Waals surface area contributed by atoms with Crippen LogP contribution >= 0.6 is 11.3 Å². The summed E-state index contributed by atoms with van der Waals surface area (Å²) in [7, 11) is 1.53. The molecule has 4 rings (SSSR count). The molecule has 1 amide bonds. The maximum absolute atomic E-state index is 13.0. The zero-order chi connectivity index (χ0) is 24.2. The first kappa shape index (κ1) is 23.3. The number of carbonyl (C=O) groups excluding carboxylic acids is 1. The van der Waals surface area contributed by atoms with Crippen molar-refractivity contribution >= 4 is 33.4 Å². The largest absolute Gasteiger partial charge is 0.478 e. The number of hydrogen-bond donors (Lipinski definition) is 2. The van der Waals surface area contributed by atoms with E-state index in [1.165, 1.54) is 35.1 Å².